The minimum atomic E-state index is -0.406. The van der Waals surface area contributed by atoms with Crippen molar-refractivity contribution in [3.8, 4) is 0 Å². The Morgan fingerprint density at radius 1 is 0.970 bits per heavy atom. The maximum Gasteiger partial charge on any atom is 0.273 e. The molecule has 2 aliphatic heterocycles. The highest BCUT2D eigenvalue weighted by atomic mass is 19.1. The topological polar surface area (TPSA) is 90.8 Å². The van der Waals surface area contributed by atoms with Crippen molar-refractivity contribution in [2.45, 2.75) is 32.2 Å². The van der Waals surface area contributed by atoms with Crippen LogP contribution in [0.25, 0.3) is 11.0 Å². The molecule has 8 nitrogen and oxygen atoms in total. The Balaban J connectivity index is 1.40. The predicted octanol–water partition coefficient (Wildman–Crippen LogP) is 3.49. The number of carbonyl (C=O) groups is 2. The number of anilines is 2. The number of benzene rings is 2. The van der Waals surface area contributed by atoms with E-state index in [1.807, 2.05) is 24.3 Å². The predicted molar refractivity (Wildman–Crippen MR) is 123 cm³/mol. The molecular weight excluding hydrogens is 423 g/mol. The van der Waals surface area contributed by atoms with E-state index in [1.54, 1.807) is 12.1 Å². The van der Waals surface area contributed by atoms with E-state index in [1.165, 1.54) is 17.1 Å². The molecule has 0 aliphatic carbocycles. The maximum atomic E-state index is 13.2. The number of para-hydroxylation sites is 2. The summed E-state index contributed by atoms with van der Waals surface area (Å²) in [6.07, 6.45) is 2.55. The fourth-order valence-corrected chi connectivity index (χ4v) is 4.05. The highest BCUT2D eigenvalue weighted by Gasteiger charge is 2.27. The van der Waals surface area contributed by atoms with Crippen molar-refractivity contribution in [3.05, 3.63) is 59.9 Å². The number of fused-ring (bicyclic) bond motifs is 1. The zero-order valence-corrected chi connectivity index (χ0v) is 18.0. The molecule has 0 spiro atoms. The lowest BCUT2D eigenvalue weighted by atomic mass is 10.1. The minimum Gasteiger partial charge on any atom is -0.354 e. The molecule has 2 amide bonds. The fourth-order valence-electron chi connectivity index (χ4n) is 4.05. The Bertz CT molecular complexity index is 1240. The molecule has 0 saturated carbocycles. The van der Waals surface area contributed by atoms with Gasteiger partial charge in [-0.2, -0.15) is 5.10 Å². The first-order chi connectivity index (χ1) is 16.1. The number of hydrogen-bond donors (Lipinski definition) is 1. The van der Waals surface area contributed by atoms with Crippen LogP contribution in [0.3, 0.4) is 0 Å². The van der Waals surface area contributed by atoms with E-state index in [2.05, 4.69) is 20.3 Å². The van der Waals surface area contributed by atoms with Gasteiger partial charge in [0.15, 0.2) is 11.6 Å². The molecule has 0 atom stereocenters. The smallest absolute Gasteiger partial charge is 0.273 e. The van der Waals surface area contributed by atoms with Crippen molar-refractivity contribution < 1.29 is 14.0 Å². The average molecular weight is 446 g/mol. The summed E-state index contributed by atoms with van der Waals surface area (Å²) in [5.41, 5.74) is 2.43. The van der Waals surface area contributed by atoms with Gasteiger partial charge in [0.05, 0.1) is 17.6 Å². The van der Waals surface area contributed by atoms with Gasteiger partial charge >= 0.3 is 0 Å². The largest absolute Gasteiger partial charge is 0.354 e. The third-order valence-corrected chi connectivity index (χ3v) is 5.80. The second-order valence-electron chi connectivity index (χ2n) is 8.16. The van der Waals surface area contributed by atoms with Crippen LogP contribution in [0.2, 0.25) is 0 Å². The zero-order chi connectivity index (χ0) is 22.8. The summed E-state index contributed by atoms with van der Waals surface area (Å²) in [6, 6.07) is 13.4. The standard InChI is InChI=1S/C24H23FN6O2/c25-17-9-7-16(8-10-17)15-31-21(32)12-11-20(29-31)24(33)28-22-23(30-13-3-4-14-30)27-19-6-2-1-5-18(19)26-22/h1-2,5-10H,3-4,11-15H2,(H,26,28,33). The molecular formula is C24H23FN6O2. The average Bonchev–Trinajstić information content (AvgIpc) is 3.36. The van der Waals surface area contributed by atoms with Crippen LogP contribution in [-0.2, 0) is 16.1 Å². The van der Waals surface area contributed by atoms with Crippen LogP contribution in [-0.4, -0.2) is 45.6 Å². The van der Waals surface area contributed by atoms with Crippen LogP contribution in [0, 0.1) is 5.82 Å². The molecule has 0 radical (unpaired) electrons. The summed E-state index contributed by atoms with van der Waals surface area (Å²) >= 11 is 0. The first-order valence-corrected chi connectivity index (χ1v) is 11.0. The minimum absolute atomic E-state index is 0.171. The Morgan fingerprint density at radius 3 is 2.39 bits per heavy atom. The van der Waals surface area contributed by atoms with Crippen LogP contribution >= 0.6 is 0 Å². The summed E-state index contributed by atoms with van der Waals surface area (Å²) in [4.78, 5) is 37.0. The fraction of sp³-hybridized carbons (Fsp3) is 0.292. The highest BCUT2D eigenvalue weighted by molar-refractivity contribution is 6.43. The Labute approximate surface area is 190 Å². The molecule has 0 unspecified atom stereocenters. The molecule has 168 valence electrons. The quantitative estimate of drug-likeness (QED) is 0.648. The van der Waals surface area contributed by atoms with E-state index in [4.69, 9.17) is 4.98 Å². The van der Waals surface area contributed by atoms with E-state index in [-0.39, 0.29) is 36.8 Å². The van der Waals surface area contributed by atoms with E-state index < -0.39 is 5.91 Å². The molecule has 3 heterocycles. The summed E-state index contributed by atoms with van der Waals surface area (Å²) in [5, 5.41) is 8.45. The van der Waals surface area contributed by atoms with Crippen molar-refractivity contribution in [3.63, 3.8) is 0 Å². The number of amides is 2. The van der Waals surface area contributed by atoms with Gasteiger partial charge < -0.3 is 10.2 Å². The van der Waals surface area contributed by atoms with Gasteiger partial charge in [-0.1, -0.05) is 24.3 Å². The van der Waals surface area contributed by atoms with Crippen LogP contribution < -0.4 is 10.2 Å². The molecule has 0 bridgehead atoms. The zero-order valence-electron chi connectivity index (χ0n) is 18.0. The van der Waals surface area contributed by atoms with Gasteiger partial charge in [-0.3, -0.25) is 9.59 Å². The van der Waals surface area contributed by atoms with Gasteiger partial charge in [-0.15, -0.1) is 0 Å². The van der Waals surface area contributed by atoms with Crippen LogP contribution in [0.5, 0.6) is 0 Å². The van der Waals surface area contributed by atoms with Crippen molar-refractivity contribution in [2.75, 3.05) is 23.3 Å². The Hall–Kier alpha value is -3.88. The molecule has 1 aromatic heterocycles. The normalized spacial score (nSPS) is 16.3. The Morgan fingerprint density at radius 2 is 1.67 bits per heavy atom. The number of carbonyl (C=O) groups excluding carboxylic acids is 2. The lowest BCUT2D eigenvalue weighted by Gasteiger charge is -2.24. The molecule has 3 aromatic rings. The molecule has 1 saturated heterocycles. The third kappa shape index (κ3) is 4.52. The SMILES string of the molecule is O=C(Nc1nc2ccccc2nc1N1CCCC1)C1=NN(Cc2ccc(F)cc2)C(=O)CC1. The van der Waals surface area contributed by atoms with Gasteiger partial charge in [0.1, 0.15) is 11.5 Å². The number of hydrazone groups is 1. The number of halogens is 1. The first kappa shape index (κ1) is 21.0. The lowest BCUT2D eigenvalue weighted by Crippen LogP contribution is -2.36. The van der Waals surface area contributed by atoms with E-state index in [9.17, 15) is 14.0 Å². The number of nitrogens with zero attached hydrogens (tertiary/aromatic N) is 5. The number of nitrogens with one attached hydrogen (secondary N) is 1. The number of hydrogen-bond acceptors (Lipinski definition) is 6. The maximum absolute atomic E-state index is 13.2. The molecule has 33 heavy (non-hydrogen) atoms. The van der Waals surface area contributed by atoms with Gasteiger partial charge in [0, 0.05) is 25.9 Å². The van der Waals surface area contributed by atoms with Crippen molar-refractivity contribution >= 4 is 40.2 Å². The molecule has 2 aromatic carbocycles. The third-order valence-electron chi connectivity index (χ3n) is 5.80. The monoisotopic (exact) mass is 446 g/mol. The van der Waals surface area contributed by atoms with Crippen LogP contribution in [0.15, 0.2) is 53.6 Å². The summed E-state index contributed by atoms with van der Waals surface area (Å²) in [7, 11) is 0. The summed E-state index contributed by atoms with van der Waals surface area (Å²) in [6.45, 7) is 1.89. The van der Waals surface area contributed by atoms with Crippen molar-refractivity contribution in [1.82, 2.24) is 15.0 Å². The second kappa shape index (κ2) is 8.93. The molecule has 2 aliphatic rings. The summed E-state index contributed by atoms with van der Waals surface area (Å²) in [5.74, 6) is 0.105. The van der Waals surface area contributed by atoms with E-state index in [0.717, 1.165) is 37.0 Å². The van der Waals surface area contributed by atoms with E-state index >= 15 is 0 Å². The van der Waals surface area contributed by atoms with Gasteiger partial charge in [0.25, 0.3) is 5.91 Å². The van der Waals surface area contributed by atoms with E-state index in [0.29, 0.717) is 17.2 Å². The molecule has 9 heteroatoms. The molecule has 1 N–H and O–H groups in total. The van der Waals surface area contributed by atoms with Crippen LogP contribution in [0.4, 0.5) is 16.0 Å². The van der Waals surface area contributed by atoms with Gasteiger partial charge in [-0.05, 0) is 42.7 Å². The first-order valence-electron chi connectivity index (χ1n) is 11.0. The number of rotatable bonds is 5. The second-order valence-corrected chi connectivity index (χ2v) is 8.16. The molecule has 1 fully saturated rings. The van der Waals surface area contributed by atoms with Crippen molar-refractivity contribution in [1.29, 1.82) is 0 Å². The molecule has 5 rings (SSSR count). The van der Waals surface area contributed by atoms with Crippen LogP contribution in [0.1, 0.15) is 31.2 Å². The number of aromatic nitrogens is 2. The summed E-state index contributed by atoms with van der Waals surface area (Å²) < 4.78 is 13.2. The van der Waals surface area contributed by atoms with Crippen molar-refractivity contribution in [2.24, 2.45) is 5.10 Å². The van der Waals surface area contributed by atoms with Gasteiger partial charge in [-0.25, -0.2) is 19.4 Å². The van der Waals surface area contributed by atoms with Gasteiger partial charge in [0.2, 0.25) is 5.91 Å². The Kier molecular flexibility index (Phi) is 5.68. The lowest BCUT2D eigenvalue weighted by molar-refractivity contribution is -0.132. The highest BCUT2D eigenvalue weighted by Crippen LogP contribution is 2.28.